The maximum atomic E-state index is 13.2. The smallest absolute Gasteiger partial charge is 0.237 e. The lowest BCUT2D eigenvalue weighted by molar-refractivity contribution is 0.0814. The molecular formula is C28H30O11. The zero-order chi connectivity index (χ0) is 28.9. The minimum atomic E-state index is -1.12. The third-order valence-corrected chi connectivity index (χ3v) is 6.11. The van der Waals surface area contributed by atoms with E-state index in [1.54, 1.807) is 12.1 Å². The van der Waals surface area contributed by atoms with Gasteiger partial charge in [-0.3, -0.25) is 9.59 Å². The van der Waals surface area contributed by atoms with Crippen LogP contribution in [0.5, 0.6) is 51.7 Å². The molecule has 0 heterocycles. The van der Waals surface area contributed by atoms with Gasteiger partial charge in [0.05, 0.1) is 48.2 Å². The molecule has 0 aliphatic rings. The third-order valence-electron chi connectivity index (χ3n) is 6.11. The van der Waals surface area contributed by atoms with Gasteiger partial charge in [-0.25, -0.2) is 0 Å². The Morgan fingerprint density at radius 2 is 1.03 bits per heavy atom. The van der Waals surface area contributed by atoms with Crippen molar-refractivity contribution in [2.45, 2.75) is 12.8 Å². The molecule has 3 aromatic rings. The van der Waals surface area contributed by atoms with E-state index in [1.165, 1.54) is 60.9 Å². The van der Waals surface area contributed by atoms with Gasteiger partial charge in [0.2, 0.25) is 28.8 Å². The Kier molecular flexibility index (Phi) is 8.97. The highest BCUT2D eigenvalue weighted by Gasteiger charge is 2.28. The van der Waals surface area contributed by atoms with Crippen molar-refractivity contribution < 1.29 is 53.3 Å². The van der Waals surface area contributed by atoms with Crippen LogP contribution < -0.4 is 28.4 Å². The molecule has 0 spiro atoms. The van der Waals surface area contributed by atoms with Crippen LogP contribution in [0.25, 0.3) is 0 Å². The molecule has 0 saturated carbocycles. The van der Waals surface area contributed by atoms with Gasteiger partial charge >= 0.3 is 0 Å². The Morgan fingerprint density at radius 1 is 0.564 bits per heavy atom. The van der Waals surface area contributed by atoms with Crippen LogP contribution in [0.1, 0.15) is 31.8 Å². The normalized spacial score (nSPS) is 10.5. The van der Waals surface area contributed by atoms with Crippen LogP contribution in [0.4, 0.5) is 0 Å². The Bertz CT molecular complexity index is 1340. The molecule has 39 heavy (non-hydrogen) atoms. The highest BCUT2D eigenvalue weighted by molar-refractivity contribution is 6.50. The van der Waals surface area contributed by atoms with Gasteiger partial charge < -0.3 is 43.7 Å². The van der Waals surface area contributed by atoms with E-state index < -0.39 is 34.4 Å². The number of rotatable bonds is 12. The van der Waals surface area contributed by atoms with Crippen LogP contribution in [0.15, 0.2) is 30.3 Å². The first kappa shape index (κ1) is 28.8. The van der Waals surface area contributed by atoms with Crippen LogP contribution in [0, 0.1) is 0 Å². The van der Waals surface area contributed by atoms with E-state index in [0.717, 1.165) is 5.56 Å². The Morgan fingerprint density at radius 3 is 1.46 bits per heavy atom. The molecule has 3 N–H and O–H groups in total. The summed E-state index contributed by atoms with van der Waals surface area (Å²) in [6, 6.07) is 7.20. The topological polar surface area (TPSA) is 150 Å². The van der Waals surface area contributed by atoms with Crippen molar-refractivity contribution in [1.29, 1.82) is 0 Å². The number of methoxy groups -OCH3 is 6. The molecular weight excluding hydrogens is 512 g/mol. The summed E-state index contributed by atoms with van der Waals surface area (Å²) in [6.07, 6.45) is 0.430. The van der Waals surface area contributed by atoms with Crippen molar-refractivity contribution in [2.24, 2.45) is 0 Å². The first-order valence-electron chi connectivity index (χ1n) is 11.6. The Labute approximate surface area is 225 Å². The van der Waals surface area contributed by atoms with E-state index in [9.17, 15) is 24.9 Å². The summed E-state index contributed by atoms with van der Waals surface area (Å²) in [7, 11) is 8.55. The van der Waals surface area contributed by atoms with Gasteiger partial charge in [-0.1, -0.05) is 0 Å². The van der Waals surface area contributed by atoms with Crippen LogP contribution in [-0.4, -0.2) is 69.5 Å². The van der Waals surface area contributed by atoms with Gasteiger partial charge in [0.25, 0.3) is 0 Å². The highest BCUT2D eigenvalue weighted by atomic mass is 16.5. The molecule has 0 saturated heterocycles. The minimum Gasteiger partial charge on any atom is -0.504 e. The Hall–Kier alpha value is -4.80. The SMILES string of the molecule is COc1cc(CCc2cc(C(=O)C(=O)c3cc(OC)c(OC)c(OC)c3)c(O)c(O)c2O)cc(OC)c1OC. The largest absolute Gasteiger partial charge is 0.504 e. The van der Waals surface area contributed by atoms with E-state index in [2.05, 4.69) is 0 Å². The summed E-state index contributed by atoms with van der Waals surface area (Å²) in [5, 5.41) is 31.3. The standard InChI is InChI=1S/C28H30O11/c1-34-18-9-14(10-19(35-2)27(18)38-5)7-8-15-11-17(25(32)26(33)22(15)29)24(31)23(30)16-12-20(36-3)28(39-6)21(13-16)37-4/h9-13,29,32-33H,7-8H2,1-6H3. The number of carbonyl (C=O) groups excluding carboxylic acids is 2. The molecule has 0 aliphatic heterocycles. The summed E-state index contributed by atoms with van der Waals surface area (Å²) in [5.41, 5.74) is 0.280. The molecule has 0 radical (unpaired) electrons. The number of hydrogen-bond acceptors (Lipinski definition) is 11. The zero-order valence-electron chi connectivity index (χ0n) is 22.4. The molecule has 0 fully saturated rings. The fourth-order valence-corrected chi connectivity index (χ4v) is 4.09. The van der Waals surface area contributed by atoms with E-state index in [0.29, 0.717) is 23.7 Å². The second-order valence-electron chi connectivity index (χ2n) is 8.23. The number of ether oxygens (including phenoxy) is 6. The lowest BCUT2D eigenvalue weighted by Gasteiger charge is -2.15. The predicted molar refractivity (Wildman–Crippen MR) is 140 cm³/mol. The fourth-order valence-electron chi connectivity index (χ4n) is 4.09. The lowest BCUT2D eigenvalue weighted by atomic mass is 9.95. The summed E-state index contributed by atoms with van der Waals surface area (Å²) in [5.74, 6) is -2.79. The maximum Gasteiger partial charge on any atom is 0.237 e. The summed E-state index contributed by atoms with van der Waals surface area (Å²) >= 11 is 0. The average Bonchev–Trinajstić information content (AvgIpc) is 2.97. The second kappa shape index (κ2) is 12.2. The Balaban J connectivity index is 1.98. The van der Waals surface area contributed by atoms with E-state index in [-0.39, 0.29) is 34.8 Å². The first-order chi connectivity index (χ1) is 18.6. The maximum absolute atomic E-state index is 13.2. The van der Waals surface area contributed by atoms with Crippen molar-refractivity contribution in [3.8, 4) is 51.7 Å². The molecule has 3 rings (SSSR count). The molecule has 0 amide bonds. The minimum absolute atomic E-state index is 0.0968. The van der Waals surface area contributed by atoms with Gasteiger partial charge in [0, 0.05) is 5.56 Å². The molecule has 0 aliphatic carbocycles. The average molecular weight is 543 g/mol. The van der Waals surface area contributed by atoms with Crippen molar-refractivity contribution >= 4 is 11.6 Å². The van der Waals surface area contributed by atoms with Crippen LogP contribution in [0.2, 0.25) is 0 Å². The van der Waals surface area contributed by atoms with E-state index in [1.807, 2.05) is 0 Å². The molecule has 3 aromatic carbocycles. The van der Waals surface area contributed by atoms with E-state index >= 15 is 0 Å². The number of hydrogen-bond donors (Lipinski definition) is 3. The number of phenolic OH excluding ortho intramolecular Hbond substituents is 3. The number of Topliss-reactive ketones (excluding diaryl/α,β-unsaturated/α-hetero) is 2. The van der Waals surface area contributed by atoms with Crippen molar-refractivity contribution in [3.63, 3.8) is 0 Å². The zero-order valence-corrected chi connectivity index (χ0v) is 22.4. The number of carbonyl (C=O) groups is 2. The second-order valence-corrected chi connectivity index (χ2v) is 8.23. The fraction of sp³-hybridized carbons (Fsp3) is 0.286. The van der Waals surface area contributed by atoms with Gasteiger partial charge in [-0.2, -0.15) is 0 Å². The van der Waals surface area contributed by atoms with Gasteiger partial charge in [-0.05, 0) is 54.3 Å². The number of benzene rings is 3. The van der Waals surface area contributed by atoms with Gasteiger partial charge in [0.1, 0.15) is 0 Å². The van der Waals surface area contributed by atoms with Gasteiger partial charge in [0.15, 0.2) is 34.5 Å². The molecule has 11 heteroatoms. The van der Waals surface area contributed by atoms with Crippen molar-refractivity contribution in [1.82, 2.24) is 0 Å². The monoisotopic (exact) mass is 542 g/mol. The summed E-state index contributed by atoms with van der Waals surface area (Å²) in [6.45, 7) is 0. The van der Waals surface area contributed by atoms with Crippen LogP contribution >= 0.6 is 0 Å². The molecule has 0 unspecified atom stereocenters. The van der Waals surface area contributed by atoms with Crippen LogP contribution in [-0.2, 0) is 12.8 Å². The summed E-state index contributed by atoms with van der Waals surface area (Å²) in [4.78, 5) is 26.3. The number of aryl methyl sites for hydroxylation is 2. The number of aromatic hydroxyl groups is 3. The first-order valence-corrected chi connectivity index (χ1v) is 11.6. The predicted octanol–water partition coefficient (Wildman–Crippen LogP) is 3.71. The molecule has 208 valence electrons. The summed E-state index contributed by atoms with van der Waals surface area (Å²) < 4.78 is 31.8. The quantitative estimate of drug-likeness (QED) is 0.175. The number of phenols is 3. The van der Waals surface area contributed by atoms with E-state index in [4.69, 9.17) is 28.4 Å². The van der Waals surface area contributed by atoms with Crippen molar-refractivity contribution in [3.05, 3.63) is 52.6 Å². The number of ketones is 2. The van der Waals surface area contributed by atoms with Gasteiger partial charge in [-0.15, -0.1) is 0 Å². The molecule has 0 aromatic heterocycles. The van der Waals surface area contributed by atoms with Crippen molar-refractivity contribution in [2.75, 3.05) is 42.7 Å². The lowest BCUT2D eigenvalue weighted by Crippen LogP contribution is -2.16. The molecule has 0 bridgehead atoms. The molecule has 0 atom stereocenters. The van der Waals surface area contributed by atoms with Crippen LogP contribution in [0.3, 0.4) is 0 Å². The highest BCUT2D eigenvalue weighted by Crippen LogP contribution is 2.43. The third kappa shape index (κ3) is 5.57. The molecule has 11 nitrogen and oxygen atoms in total.